The Balaban J connectivity index is 1.37. The highest BCUT2D eigenvalue weighted by atomic mass is 19.1. The maximum absolute atomic E-state index is 15.1. The van der Waals surface area contributed by atoms with Crippen LogP contribution in [-0.4, -0.2) is 74.1 Å². The van der Waals surface area contributed by atoms with Gasteiger partial charge in [0.2, 0.25) is 5.91 Å². The van der Waals surface area contributed by atoms with Crippen molar-refractivity contribution in [2.45, 2.75) is 44.4 Å². The summed E-state index contributed by atoms with van der Waals surface area (Å²) in [6, 6.07) is 15.2. The zero-order valence-electron chi connectivity index (χ0n) is 25.7. The Kier molecular flexibility index (Phi) is 10.7. The number of aromatic hydroxyl groups is 1. The van der Waals surface area contributed by atoms with Gasteiger partial charge in [-0.25, -0.2) is 4.39 Å². The van der Waals surface area contributed by atoms with Gasteiger partial charge < -0.3 is 30.7 Å². The number of phenols is 1. The standard InChI is InChI=1S/C35H41FN4O5/c1-45-32-10-7-26-22-29(32)34(43)39-14-3-19-40(18-2-4-33(42)38-17-11-23-5-9-31(41)27(26)20-23)35(44)28-21-25(6-8-30(28)36)24-12-15-37-16-13-24/h5-10,20-22,24,37,41H,2-4,11-19H2,1H3,(H,38,42)(H,39,43). The van der Waals surface area contributed by atoms with Gasteiger partial charge >= 0.3 is 0 Å². The van der Waals surface area contributed by atoms with Gasteiger partial charge in [0.1, 0.15) is 17.3 Å². The van der Waals surface area contributed by atoms with Gasteiger partial charge in [-0.05, 0) is 104 Å². The zero-order valence-corrected chi connectivity index (χ0v) is 25.7. The zero-order chi connectivity index (χ0) is 31.8. The number of phenolic OH excluding ortho intramolecular Hbond substituents is 1. The lowest BCUT2D eigenvalue weighted by Crippen LogP contribution is -2.36. The average Bonchev–Trinajstić information content (AvgIpc) is 3.06. The average molecular weight is 617 g/mol. The first kappa shape index (κ1) is 32.0. The van der Waals surface area contributed by atoms with E-state index in [-0.39, 0.29) is 55.1 Å². The Hall–Kier alpha value is -4.44. The molecule has 3 aromatic rings. The third-order valence-electron chi connectivity index (χ3n) is 8.59. The first-order valence-electron chi connectivity index (χ1n) is 15.7. The summed E-state index contributed by atoms with van der Waals surface area (Å²) in [7, 11) is 1.49. The summed E-state index contributed by atoms with van der Waals surface area (Å²) >= 11 is 0. The highest BCUT2D eigenvalue weighted by Crippen LogP contribution is 2.33. The van der Waals surface area contributed by atoms with Crippen LogP contribution in [0.1, 0.15) is 69.9 Å². The van der Waals surface area contributed by atoms with Crippen LogP contribution in [0.25, 0.3) is 11.1 Å². The van der Waals surface area contributed by atoms with Crippen molar-refractivity contribution in [1.82, 2.24) is 20.9 Å². The fourth-order valence-electron chi connectivity index (χ4n) is 6.06. The Morgan fingerprint density at radius 1 is 0.889 bits per heavy atom. The minimum Gasteiger partial charge on any atom is -0.507 e. The minimum atomic E-state index is -0.569. The third-order valence-corrected chi connectivity index (χ3v) is 8.59. The van der Waals surface area contributed by atoms with Crippen LogP contribution in [0.3, 0.4) is 0 Å². The second kappa shape index (κ2) is 15.0. The van der Waals surface area contributed by atoms with E-state index in [0.29, 0.717) is 48.2 Å². The van der Waals surface area contributed by atoms with E-state index >= 15 is 4.39 Å². The molecule has 0 aliphatic carbocycles. The molecule has 0 radical (unpaired) electrons. The molecule has 45 heavy (non-hydrogen) atoms. The fourth-order valence-corrected chi connectivity index (χ4v) is 6.06. The van der Waals surface area contributed by atoms with Crippen molar-refractivity contribution < 1.29 is 28.6 Å². The van der Waals surface area contributed by atoms with Crippen molar-refractivity contribution in [3.05, 3.63) is 82.7 Å². The lowest BCUT2D eigenvalue weighted by Gasteiger charge is -2.26. The number of methoxy groups -OCH3 is 1. The number of carbonyl (C=O) groups excluding carboxylic acids is 3. The van der Waals surface area contributed by atoms with Gasteiger partial charge in [-0.2, -0.15) is 0 Å². The molecule has 2 aliphatic heterocycles. The second-order valence-electron chi connectivity index (χ2n) is 11.6. The first-order chi connectivity index (χ1) is 21.8. The molecule has 5 rings (SSSR count). The Morgan fingerprint density at radius 3 is 2.49 bits per heavy atom. The molecular formula is C35H41FN4O5. The number of nitrogens with zero attached hydrogens (tertiary/aromatic N) is 1. The maximum atomic E-state index is 15.1. The van der Waals surface area contributed by atoms with E-state index in [1.165, 1.54) is 13.2 Å². The minimum absolute atomic E-state index is 0.0319. The maximum Gasteiger partial charge on any atom is 0.256 e. The van der Waals surface area contributed by atoms with Gasteiger partial charge in [0.25, 0.3) is 11.8 Å². The SMILES string of the molecule is COc1ccc2cc1C(=O)NCCCN(C(=O)c1cc(C3CCNCC3)ccc1F)CCCC(=O)NCCc1ccc(O)c-2c1. The predicted octanol–water partition coefficient (Wildman–Crippen LogP) is 4.39. The molecule has 0 saturated carbocycles. The highest BCUT2D eigenvalue weighted by Gasteiger charge is 2.23. The number of ether oxygens (including phenoxy) is 1. The predicted molar refractivity (Wildman–Crippen MR) is 170 cm³/mol. The monoisotopic (exact) mass is 616 g/mol. The quantitative estimate of drug-likeness (QED) is 0.347. The van der Waals surface area contributed by atoms with Crippen LogP contribution in [0.15, 0.2) is 54.6 Å². The van der Waals surface area contributed by atoms with Crippen molar-refractivity contribution in [3.63, 3.8) is 0 Å². The molecule has 4 N–H and O–H groups in total. The number of nitrogens with one attached hydrogen (secondary N) is 3. The molecule has 10 heteroatoms. The van der Waals surface area contributed by atoms with E-state index in [4.69, 9.17) is 4.74 Å². The van der Waals surface area contributed by atoms with Gasteiger partial charge in [-0.1, -0.05) is 18.2 Å². The molecule has 0 atom stereocenters. The van der Waals surface area contributed by atoms with E-state index in [9.17, 15) is 19.5 Å². The van der Waals surface area contributed by atoms with Crippen molar-refractivity contribution in [1.29, 1.82) is 0 Å². The summed E-state index contributed by atoms with van der Waals surface area (Å²) in [6.45, 7) is 2.97. The lowest BCUT2D eigenvalue weighted by molar-refractivity contribution is -0.121. The number of hydrogen-bond acceptors (Lipinski definition) is 6. The van der Waals surface area contributed by atoms with Crippen LogP contribution in [0.5, 0.6) is 11.5 Å². The van der Waals surface area contributed by atoms with Crippen molar-refractivity contribution in [3.8, 4) is 22.6 Å². The molecule has 2 aliphatic rings. The lowest BCUT2D eigenvalue weighted by atomic mass is 9.89. The van der Waals surface area contributed by atoms with Gasteiger partial charge in [0, 0.05) is 38.2 Å². The Bertz CT molecular complexity index is 1540. The number of carbonyl (C=O) groups is 3. The summed E-state index contributed by atoms with van der Waals surface area (Å²) in [6.07, 6.45) is 3.44. The third kappa shape index (κ3) is 7.99. The number of fused-ring (bicyclic) bond motifs is 5. The van der Waals surface area contributed by atoms with Gasteiger partial charge in [0.05, 0.1) is 18.2 Å². The van der Waals surface area contributed by atoms with E-state index in [2.05, 4.69) is 16.0 Å². The molecule has 1 saturated heterocycles. The number of hydrogen-bond donors (Lipinski definition) is 4. The smallest absolute Gasteiger partial charge is 0.256 e. The number of piperidine rings is 1. The van der Waals surface area contributed by atoms with Crippen LogP contribution in [-0.2, 0) is 11.2 Å². The number of amides is 3. The molecule has 0 spiro atoms. The Morgan fingerprint density at radius 2 is 1.69 bits per heavy atom. The van der Waals surface area contributed by atoms with Crippen LogP contribution >= 0.6 is 0 Å². The molecule has 4 bridgehead atoms. The molecule has 9 nitrogen and oxygen atoms in total. The molecular weight excluding hydrogens is 575 g/mol. The Labute approximate surface area is 263 Å². The number of rotatable bonds is 3. The molecule has 3 aromatic carbocycles. The van der Waals surface area contributed by atoms with Crippen LogP contribution < -0.4 is 20.7 Å². The molecule has 1 fully saturated rings. The number of benzene rings is 3. The van der Waals surface area contributed by atoms with E-state index in [1.54, 1.807) is 47.4 Å². The van der Waals surface area contributed by atoms with Crippen LogP contribution in [0.2, 0.25) is 0 Å². The largest absolute Gasteiger partial charge is 0.507 e. The first-order valence-corrected chi connectivity index (χ1v) is 15.7. The second-order valence-corrected chi connectivity index (χ2v) is 11.6. The van der Waals surface area contributed by atoms with E-state index in [1.807, 2.05) is 6.07 Å². The molecule has 0 unspecified atom stereocenters. The summed E-state index contributed by atoms with van der Waals surface area (Å²) in [5.41, 5.74) is 3.43. The van der Waals surface area contributed by atoms with Gasteiger partial charge in [-0.15, -0.1) is 0 Å². The van der Waals surface area contributed by atoms with Crippen molar-refractivity contribution >= 4 is 17.7 Å². The summed E-state index contributed by atoms with van der Waals surface area (Å²) < 4.78 is 20.5. The summed E-state index contributed by atoms with van der Waals surface area (Å²) in [5.74, 6) is -0.742. The molecule has 2 heterocycles. The molecule has 0 aromatic heterocycles. The van der Waals surface area contributed by atoms with Crippen LogP contribution in [0, 0.1) is 5.82 Å². The van der Waals surface area contributed by atoms with Gasteiger partial charge in [-0.3, -0.25) is 14.4 Å². The molecule has 238 valence electrons. The summed E-state index contributed by atoms with van der Waals surface area (Å²) in [4.78, 5) is 41.2. The fraction of sp³-hybridized carbons (Fsp3) is 0.400. The van der Waals surface area contributed by atoms with E-state index in [0.717, 1.165) is 37.1 Å². The number of halogens is 1. The van der Waals surface area contributed by atoms with Crippen molar-refractivity contribution in [2.24, 2.45) is 0 Å². The van der Waals surface area contributed by atoms with Crippen molar-refractivity contribution in [2.75, 3.05) is 46.4 Å². The highest BCUT2D eigenvalue weighted by molar-refractivity contribution is 5.98. The van der Waals surface area contributed by atoms with E-state index < -0.39 is 11.7 Å². The normalized spacial score (nSPS) is 17.3. The molecule has 3 amide bonds. The summed E-state index contributed by atoms with van der Waals surface area (Å²) in [5, 5.41) is 19.8. The topological polar surface area (TPSA) is 120 Å². The van der Waals surface area contributed by atoms with Crippen LogP contribution in [0.4, 0.5) is 4.39 Å². The van der Waals surface area contributed by atoms with Gasteiger partial charge in [0.15, 0.2) is 0 Å².